The van der Waals surface area contributed by atoms with Crippen LogP contribution in [0.15, 0.2) is 59.7 Å². The van der Waals surface area contributed by atoms with E-state index in [9.17, 15) is 4.79 Å². The molecule has 0 radical (unpaired) electrons. The van der Waals surface area contributed by atoms with Crippen LogP contribution in [0.25, 0.3) is 0 Å². The van der Waals surface area contributed by atoms with E-state index in [1.54, 1.807) is 11.1 Å². The highest BCUT2D eigenvalue weighted by Gasteiger charge is 2.20. The molecule has 0 unspecified atom stereocenters. The van der Waals surface area contributed by atoms with E-state index in [4.69, 9.17) is 0 Å². The molecule has 4 nitrogen and oxygen atoms in total. The third-order valence-electron chi connectivity index (χ3n) is 3.68. The van der Waals surface area contributed by atoms with Crippen LogP contribution < -0.4 is 9.91 Å². The highest BCUT2D eigenvalue weighted by Crippen LogP contribution is 2.33. The number of isocyanates is 1. The topological polar surface area (TPSA) is 35.9 Å². The van der Waals surface area contributed by atoms with E-state index in [2.05, 4.69) is 40.3 Å². The molecule has 21 heavy (non-hydrogen) atoms. The maximum atomic E-state index is 10.6. The lowest BCUT2D eigenvalue weighted by molar-refractivity contribution is 0.561. The lowest BCUT2D eigenvalue weighted by atomic mass is 10.2. The number of rotatable bonds is 3. The first-order chi connectivity index (χ1) is 10.4. The van der Waals surface area contributed by atoms with Crippen molar-refractivity contribution in [3.63, 3.8) is 0 Å². The highest BCUT2D eigenvalue weighted by molar-refractivity contribution is 5.72. The van der Waals surface area contributed by atoms with Crippen LogP contribution in [0.2, 0.25) is 0 Å². The summed E-state index contributed by atoms with van der Waals surface area (Å²) in [5.41, 5.74) is 3.35. The minimum Gasteiger partial charge on any atom is -0.365 e. The molecule has 1 heterocycles. The van der Waals surface area contributed by atoms with Gasteiger partial charge in [0.1, 0.15) is 0 Å². The molecular formula is C17H17N3O. The number of hydrazone groups is 1. The molecule has 4 heteroatoms. The molecule has 106 valence electrons. The van der Waals surface area contributed by atoms with E-state index < -0.39 is 0 Å². The maximum absolute atomic E-state index is 10.6. The molecule has 0 spiro atoms. The molecular weight excluding hydrogens is 262 g/mol. The van der Waals surface area contributed by atoms with Crippen LogP contribution in [0.4, 0.5) is 11.4 Å². The number of hydrogen-bond acceptors (Lipinski definition) is 4. The average Bonchev–Trinajstić information content (AvgIpc) is 2.70. The number of nitrogens with zero attached hydrogens (tertiary/aromatic N) is 3. The number of para-hydroxylation sites is 2. The van der Waals surface area contributed by atoms with Crippen LogP contribution in [0.5, 0.6) is 0 Å². The molecule has 0 N–H and O–H groups in total. The van der Waals surface area contributed by atoms with E-state index in [-0.39, 0.29) is 0 Å². The fourth-order valence-electron chi connectivity index (χ4n) is 2.72. The molecule has 0 aliphatic carbocycles. The molecule has 3 rings (SSSR count). The summed E-state index contributed by atoms with van der Waals surface area (Å²) in [5.74, 6) is 0. The van der Waals surface area contributed by atoms with Gasteiger partial charge in [0.25, 0.3) is 6.08 Å². The lowest BCUT2D eigenvalue weighted by Gasteiger charge is -2.25. The zero-order chi connectivity index (χ0) is 14.5. The Balaban J connectivity index is 1.94. The molecule has 0 saturated heterocycles. The van der Waals surface area contributed by atoms with Gasteiger partial charge in [-0.3, -0.25) is 5.01 Å². The third-order valence-corrected chi connectivity index (χ3v) is 3.68. The second kappa shape index (κ2) is 6.25. The predicted octanol–water partition coefficient (Wildman–Crippen LogP) is 3.15. The summed E-state index contributed by atoms with van der Waals surface area (Å²) >= 11 is 0. The SMILES string of the molecule is O=C=NN1CCCN(Cc2ccccc2)c2ccccc21. The van der Waals surface area contributed by atoms with E-state index >= 15 is 0 Å². The molecule has 0 amide bonds. The van der Waals surface area contributed by atoms with Crippen molar-refractivity contribution in [1.29, 1.82) is 0 Å². The number of benzene rings is 2. The molecule has 0 atom stereocenters. The second-order valence-electron chi connectivity index (χ2n) is 5.06. The second-order valence-corrected chi connectivity index (χ2v) is 5.06. The van der Waals surface area contributed by atoms with E-state index in [0.29, 0.717) is 0 Å². The van der Waals surface area contributed by atoms with Gasteiger partial charge >= 0.3 is 0 Å². The predicted molar refractivity (Wildman–Crippen MR) is 84.0 cm³/mol. The maximum Gasteiger partial charge on any atom is 0.258 e. The lowest BCUT2D eigenvalue weighted by Crippen LogP contribution is -2.23. The normalized spacial score (nSPS) is 14.1. The number of anilines is 2. The molecule has 2 aromatic rings. The van der Waals surface area contributed by atoms with Crippen molar-refractivity contribution in [1.82, 2.24) is 0 Å². The summed E-state index contributed by atoms with van der Waals surface area (Å²) in [6.07, 6.45) is 2.60. The Kier molecular flexibility index (Phi) is 3.99. The summed E-state index contributed by atoms with van der Waals surface area (Å²) in [7, 11) is 0. The van der Waals surface area contributed by atoms with Gasteiger partial charge in [-0.25, -0.2) is 4.79 Å². The van der Waals surface area contributed by atoms with Crippen LogP contribution >= 0.6 is 0 Å². The Morgan fingerprint density at radius 3 is 2.43 bits per heavy atom. The number of hydrogen-bond donors (Lipinski definition) is 0. The van der Waals surface area contributed by atoms with Gasteiger partial charge in [-0.2, -0.15) is 0 Å². The number of carbonyl (C=O) groups excluding carboxylic acids is 1. The largest absolute Gasteiger partial charge is 0.365 e. The summed E-state index contributed by atoms with van der Waals surface area (Å²) in [6, 6.07) is 18.5. The average molecular weight is 279 g/mol. The Morgan fingerprint density at radius 2 is 1.67 bits per heavy atom. The van der Waals surface area contributed by atoms with E-state index in [1.807, 2.05) is 24.3 Å². The van der Waals surface area contributed by atoms with Gasteiger partial charge in [0, 0.05) is 19.6 Å². The van der Waals surface area contributed by atoms with E-state index in [0.717, 1.165) is 37.4 Å². The van der Waals surface area contributed by atoms with Crippen LogP contribution in [-0.4, -0.2) is 19.2 Å². The summed E-state index contributed by atoms with van der Waals surface area (Å²) in [5, 5.41) is 5.57. The standard InChI is InChI=1S/C17H17N3O/c21-14-18-20-12-6-11-19(13-15-7-2-1-3-8-15)16-9-4-5-10-17(16)20/h1-5,7-10H,6,11-13H2. The van der Waals surface area contributed by atoms with Crippen molar-refractivity contribution in [3.8, 4) is 0 Å². The van der Waals surface area contributed by atoms with Crippen LogP contribution in [0.3, 0.4) is 0 Å². The molecule has 0 aromatic heterocycles. The van der Waals surface area contributed by atoms with Crippen LogP contribution in [0, 0.1) is 0 Å². The van der Waals surface area contributed by atoms with Crippen molar-refractivity contribution in [2.75, 3.05) is 23.0 Å². The van der Waals surface area contributed by atoms with Crippen molar-refractivity contribution in [2.24, 2.45) is 5.10 Å². The molecule has 2 aromatic carbocycles. The van der Waals surface area contributed by atoms with Gasteiger partial charge in [0.05, 0.1) is 11.4 Å². The summed E-state index contributed by atoms with van der Waals surface area (Å²) in [6.45, 7) is 2.53. The zero-order valence-corrected chi connectivity index (χ0v) is 11.8. The van der Waals surface area contributed by atoms with Gasteiger partial charge in [0.15, 0.2) is 0 Å². The van der Waals surface area contributed by atoms with Gasteiger partial charge in [0.2, 0.25) is 0 Å². The first-order valence-corrected chi connectivity index (χ1v) is 7.12. The Labute approximate surface area is 124 Å². The number of fused-ring (bicyclic) bond motifs is 1. The smallest absolute Gasteiger partial charge is 0.258 e. The van der Waals surface area contributed by atoms with Crippen LogP contribution in [0.1, 0.15) is 12.0 Å². The summed E-state index contributed by atoms with van der Waals surface area (Å²) in [4.78, 5) is 13.0. The molecule has 0 fully saturated rings. The highest BCUT2D eigenvalue weighted by atomic mass is 16.1. The van der Waals surface area contributed by atoms with Gasteiger partial charge in [-0.1, -0.05) is 47.6 Å². The van der Waals surface area contributed by atoms with Crippen molar-refractivity contribution in [3.05, 3.63) is 60.2 Å². The fraction of sp³-hybridized carbons (Fsp3) is 0.235. The first kappa shape index (κ1) is 13.4. The molecule has 1 aliphatic heterocycles. The Hall–Kier alpha value is -2.58. The van der Waals surface area contributed by atoms with Crippen molar-refractivity contribution >= 4 is 17.5 Å². The fourth-order valence-corrected chi connectivity index (χ4v) is 2.72. The third kappa shape index (κ3) is 2.96. The van der Waals surface area contributed by atoms with E-state index in [1.165, 1.54) is 5.56 Å². The minimum atomic E-state index is 0.734. The Morgan fingerprint density at radius 1 is 0.952 bits per heavy atom. The Bertz CT molecular complexity index is 650. The van der Waals surface area contributed by atoms with Crippen LogP contribution in [-0.2, 0) is 11.3 Å². The molecule has 0 saturated carbocycles. The first-order valence-electron chi connectivity index (χ1n) is 7.12. The zero-order valence-electron chi connectivity index (χ0n) is 11.8. The van der Waals surface area contributed by atoms with Gasteiger partial charge < -0.3 is 4.90 Å². The molecule has 0 bridgehead atoms. The van der Waals surface area contributed by atoms with Gasteiger partial charge in [-0.05, 0) is 24.1 Å². The van der Waals surface area contributed by atoms with Gasteiger partial charge in [-0.15, -0.1) is 0 Å². The monoisotopic (exact) mass is 279 g/mol. The van der Waals surface area contributed by atoms with Crippen molar-refractivity contribution in [2.45, 2.75) is 13.0 Å². The summed E-state index contributed by atoms with van der Waals surface area (Å²) < 4.78 is 0. The van der Waals surface area contributed by atoms with Crippen molar-refractivity contribution < 1.29 is 4.79 Å². The molecule has 1 aliphatic rings. The quantitative estimate of drug-likeness (QED) is 0.639. The minimum absolute atomic E-state index is 0.734.